The summed E-state index contributed by atoms with van der Waals surface area (Å²) in [6, 6.07) is 9.42. The molecule has 0 amide bonds. The van der Waals surface area contributed by atoms with Gasteiger partial charge in [0.2, 0.25) is 0 Å². The number of aromatic nitrogens is 3. The van der Waals surface area contributed by atoms with Crippen LogP contribution in [0.25, 0.3) is 0 Å². The number of halogens is 4. The van der Waals surface area contributed by atoms with Gasteiger partial charge < -0.3 is 14.9 Å². The smallest absolute Gasteiger partial charge is 0.416 e. The molecule has 0 fully saturated rings. The van der Waals surface area contributed by atoms with Crippen LogP contribution in [-0.2, 0) is 18.3 Å². The van der Waals surface area contributed by atoms with Crippen LogP contribution in [0.1, 0.15) is 17.5 Å². The van der Waals surface area contributed by atoms with Crippen LogP contribution in [0.15, 0.2) is 55.1 Å². The first-order valence-electron chi connectivity index (χ1n) is 8.52. The van der Waals surface area contributed by atoms with Crippen LogP contribution in [0, 0.1) is 0 Å². The summed E-state index contributed by atoms with van der Waals surface area (Å²) in [6.07, 6.45) is -2.62. The van der Waals surface area contributed by atoms with Gasteiger partial charge in [-0.05, 0) is 42.0 Å². The lowest BCUT2D eigenvalue weighted by Gasteiger charge is -2.30. The van der Waals surface area contributed by atoms with E-state index in [1.54, 1.807) is 12.1 Å². The standard InChI is InChI=1S/C19H17ClF3N3O3/c20-13-1-3-14(4-2-13)29-15-5-6-16(17(9-15)19(21,22)23)18(28,7-8-27)10-26-12-24-11-25-26/h1-6,9,11-12,27-28H,7-8,10H2. The Kier molecular flexibility index (Phi) is 6.11. The van der Waals surface area contributed by atoms with Gasteiger partial charge in [0, 0.05) is 18.1 Å². The monoisotopic (exact) mass is 427 g/mol. The first kappa shape index (κ1) is 21.1. The number of rotatable bonds is 7. The summed E-state index contributed by atoms with van der Waals surface area (Å²) < 4.78 is 48.1. The number of benzene rings is 2. The highest BCUT2D eigenvalue weighted by molar-refractivity contribution is 6.30. The molecule has 0 spiro atoms. The van der Waals surface area contributed by atoms with Gasteiger partial charge in [-0.1, -0.05) is 17.7 Å². The fourth-order valence-electron chi connectivity index (χ4n) is 2.93. The molecule has 154 valence electrons. The van der Waals surface area contributed by atoms with E-state index in [1.165, 1.54) is 35.5 Å². The van der Waals surface area contributed by atoms with Crippen LogP contribution >= 0.6 is 11.6 Å². The van der Waals surface area contributed by atoms with Crippen molar-refractivity contribution in [3.05, 3.63) is 71.3 Å². The SMILES string of the molecule is OCCC(O)(Cn1cncn1)c1ccc(Oc2ccc(Cl)cc2)cc1C(F)(F)F. The van der Waals surface area contributed by atoms with Crippen LogP contribution in [0.4, 0.5) is 13.2 Å². The van der Waals surface area contributed by atoms with Gasteiger partial charge in [-0.15, -0.1) is 0 Å². The van der Waals surface area contributed by atoms with E-state index in [4.69, 9.17) is 16.3 Å². The highest BCUT2D eigenvalue weighted by Crippen LogP contribution is 2.41. The second-order valence-corrected chi connectivity index (χ2v) is 6.80. The van der Waals surface area contributed by atoms with E-state index in [1.807, 2.05) is 0 Å². The molecule has 2 N–H and O–H groups in total. The molecule has 1 heterocycles. The van der Waals surface area contributed by atoms with Gasteiger partial charge in [0.25, 0.3) is 0 Å². The van der Waals surface area contributed by atoms with Crippen LogP contribution in [0.3, 0.4) is 0 Å². The van der Waals surface area contributed by atoms with E-state index in [2.05, 4.69) is 10.1 Å². The molecule has 6 nitrogen and oxygen atoms in total. The van der Waals surface area contributed by atoms with Gasteiger partial charge in [-0.3, -0.25) is 0 Å². The van der Waals surface area contributed by atoms with Crippen LogP contribution < -0.4 is 4.74 Å². The van der Waals surface area contributed by atoms with Crippen LogP contribution in [0.2, 0.25) is 5.02 Å². The average molecular weight is 428 g/mol. The maximum Gasteiger partial charge on any atom is 0.416 e. The van der Waals surface area contributed by atoms with Crippen molar-refractivity contribution in [1.82, 2.24) is 14.8 Å². The number of aliphatic hydroxyl groups excluding tert-OH is 1. The second-order valence-electron chi connectivity index (χ2n) is 6.36. The fourth-order valence-corrected chi connectivity index (χ4v) is 3.06. The Bertz CT molecular complexity index is 950. The summed E-state index contributed by atoms with van der Waals surface area (Å²) in [7, 11) is 0. The van der Waals surface area contributed by atoms with E-state index >= 15 is 0 Å². The van der Waals surface area contributed by atoms with Gasteiger partial charge in [0.05, 0.1) is 12.1 Å². The van der Waals surface area contributed by atoms with Crippen molar-refractivity contribution in [2.45, 2.75) is 24.7 Å². The molecule has 3 rings (SSSR count). The molecule has 29 heavy (non-hydrogen) atoms. The molecular weight excluding hydrogens is 411 g/mol. The Morgan fingerprint density at radius 3 is 2.31 bits per heavy atom. The summed E-state index contributed by atoms with van der Waals surface area (Å²) in [5.74, 6) is 0.249. The molecular formula is C19H17ClF3N3O3. The molecule has 0 aliphatic heterocycles. The first-order valence-corrected chi connectivity index (χ1v) is 8.90. The minimum Gasteiger partial charge on any atom is -0.457 e. The van der Waals surface area contributed by atoms with Crippen molar-refractivity contribution in [2.75, 3.05) is 6.61 Å². The van der Waals surface area contributed by atoms with E-state index in [0.29, 0.717) is 10.8 Å². The molecule has 10 heteroatoms. The molecule has 1 atom stereocenters. The van der Waals surface area contributed by atoms with Gasteiger partial charge >= 0.3 is 6.18 Å². The summed E-state index contributed by atoms with van der Waals surface area (Å²) >= 11 is 5.79. The summed E-state index contributed by atoms with van der Waals surface area (Å²) in [4.78, 5) is 3.73. The average Bonchev–Trinajstić information content (AvgIpc) is 3.16. The zero-order valence-corrected chi connectivity index (χ0v) is 15.7. The van der Waals surface area contributed by atoms with Gasteiger partial charge in [0.15, 0.2) is 0 Å². The Labute approximate surface area is 169 Å². The quantitative estimate of drug-likeness (QED) is 0.595. The van der Waals surface area contributed by atoms with Gasteiger partial charge in [-0.25, -0.2) is 9.67 Å². The highest BCUT2D eigenvalue weighted by Gasteiger charge is 2.41. The van der Waals surface area contributed by atoms with Crippen molar-refractivity contribution in [1.29, 1.82) is 0 Å². The molecule has 0 aliphatic carbocycles. The summed E-state index contributed by atoms with van der Waals surface area (Å²) in [5.41, 5.74) is -3.48. The molecule has 0 saturated heterocycles. The van der Waals surface area contributed by atoms with E-state index < -0.39 is 29.5 Å². The summed E-state index contributed by atoms with van der Waals surface area (Å²) in [6.45, 7) is -0.834. The molecule has 0 bridgehead atoms. The zero-order valence-electron chi connectivity index (χ0n) is 15.0. The summed E-state index contributed by atoms with van der Waals surface area (Å²) in [5, 5.41) is 24.6. The molecule has 2 aromatic carbocycles. The predicted octanol–water partition coefficient (Wildman–Crippen LogP) is 4.01. The lowest BCUT2D eigenvalue weighted by atomic mass is 9.86. The van der Waals surface area contributed by atoms with Gasteiger partial charge in [0.1, 0.15) is 29.8 Å². The van der Waals surface area contributed by atoms with E-state index in [0.717, 1.165) is 12.1 Å². The van der Waals surface area contributed by atoms with E-state index in [9.17, 15) is 23.4 Å². The number of alkyl halides is 3. The minimum absolute atomic E-state index is 0.0597. The molecule has 1 unspecified atom stereocenters. The maximum absolute atomic E-state index is 13.8. The lowest BCUT2D eigenvalue weighted by Crippen LogP contribution is -2.35. The molecule has 0 aliphatic rings. The Morgan fingerprint density at radius 2 is 1.72 bits per heavy atom. The fraction of sp³-hybridized carbons (Fsp3) is 0.263. The van der Waals surface area contributed by atoms with Crippen molar-refractivity contribution in [3.63, 3.8) is 0 Å². The second kappa shape index (κ2) is 8.40. The van der Waals surface area contributed by atoms with Gasteiger partial charge in [-0.2, -0.15) is 18.3 Å². The highest BCUT2D eigenvalue weighted by atomic mass is 35.5. The first-order chi connectivity index (χ1) is 13.7. The zero-order chi connectivity index (χ0) is 21.1. The van der Waals surface area contributed by atoms with Crippen LogP contribution in [0.5, 0.6) is 11.5 Å². The molecule has 0 radical (unpaired) electrons. The Morgan fingerprint density at radius 1 is 1.03 bits per heavy atom. The largest absolute Gasteiger partial charge is 0.457 e. The van der Waals surface area contributed by atoms with Crippen molar-refractivity contribution >= 4 is 11.6 Å². The molecule has 3 aromatic rings. The van der Waals surface area contributed by atoms with E-state index in [-0.39, 0.29) is 18.7 Å². The lowest BCUT2D eigenvalue weighted by molar-refractivity contribution is -0.141. The number of nitrogens with zero attached hydrogens (tertiary/aromatic N) is 3. The number of hydrogen-bond acceptors (Lipinski definition) is 5. The number of hydrogen-bond donors (Lipinski definition) is 2. The Balaban J connectivity index is 2.01. The van der Waals surface area contributed by atoms with Crippen molar-refractivity contribution < 1.29 is 28.1 Å². The third kappa shape index (κ3) is 5.06. The normalized spacial score (nSPS) is 13.9. The topological polar surface area (TPSA) is 80.4 Å². The Hall–Kier alpha value is -2.62. The van der Waals surface area contributed by atoms with Crippen LogP contribution in [-0.4, -0.2) is 31.6 Å². The minimum atomic E-state index is -4.76. The number of aliphatic hydroxyl groups is 2. The van der Waals surface area contributed by atoms with Crippen molar-refractivity contribution in [3.8, 4) is 11.5 Å². The van der Waals surface area contributed by atoms with Crippen molar-refractivity contribution in [2.24, 2.45) is 0 Å². The third-order valence-corrected chi connectivity index (χ3v) is 4.51. The molecule has 0 saturated carbocycles. The predicted molar refractivity (Wildman–Crippen MR) is 98.6 cm³/mol. The third-order valence-electron chi connectivity index (χ3n) is 4.26. The molecule has 1 aromatic heterocycles. The number of ether oxygens (including phenoxy) is 1. The maximum atomic E-state index is 13.8.